The van der Waals surface area contributed by atoms with Crippen molar-refractivity contribution in [2.75, 3.05) is 6.61 Å². The predicted octanol–water partition coefficient (Wildman–Crippen LogP) is 5.63. The zero-order valence-electron chi connectivity index (χ0n) is 20.4. The zero-order valence-corrected chi connectivity index (χ0v) is 21.2. The number of carbonyl (C=O) groups excluding carboxylic acids is 1. The highest BCUT2D eigenvalue weighted by atomic mass is 35.5. The van der Waals surface area contributed by atoms with Crippen molar-refractivity contribution >= 4 is 34.6 Å². The molecule has 1 atom stereocenters. The normalized spacial score (nSPS) is 15.7. The van der Waals surface area contributed by atoms with Gasteiger partial charge in [0.15, 0.2) is 5.75 Å². The minimum Gasteiger partial charge on any atom is -0.489 e. The molecule has 0 saturated carbocycles. The second-order valence-electron chi connectivity index (χ2n) is 9.57. The summed E-state index contributed by atoms with van der Waals surface area (Å²) < 4.78 is 13.4. The molecule has 38 heavy (non-hydrogen) atoms. The van der Waals surface area contributed by atoms with Gasteiger partial charge in [-0.05, 0) is 53.4 Å². The molecule has 1 amide bonds. The number of hydrogen-bond donors (Lipinski definition) is 1. The van der Waals surface area contributed by atoms with Crippen molar-refractivity contribution in [3.63, 3.8) is 0 Å². The van der Waals surface area contributed by atoms with E-state index >= 15 is 0 Å². The summed E-state index contributed by atoms with van der Waals surface area (Å²) in [4.78, 5) is 38.9. The van der Waals surface area contributed by atoms with Gasteiger partial charge < -0.3 is 19.1 Å². The van der Waals surface area contributed by atoms with Crippen LogP contribution in [0.2, 0.25) is 5.02 Å². The molecule has 4 aromatic rings. The molecule has 3 heterocycles. The molecule has 2 aliphatic rings. The summed E-state index contributed by atoms with van der Waals surface area (Å²) in [5, 5.41) is 10.3. The maximum atomic E-state index is 12.9. The molecule has 0 saturated heterocycles. The average molecular weight is 531 g/mol. The number of ether oxygens (including phenoxy) is 2. The van der Waals surface area contributed by atoms with Crippen LogP contribution in [0.3, 0.4) is 0 Å². The van der Waals surface area contributed by atoms with E-state index in [2.05, 4.69) is 0 Å². The third kappa shape index (κ3) is 3.97. The molecular weight excluding hydrogens is 508 g/mol. The van der Waals surface area contributed by atoms with Crippen LogP contribution in [0.5, 0.6) is 5.75 Å². The maximum absolute atomic E-state index is 12.9. The van der Waals surface area contributed by atoms with Gasteiger partial charge in [0, 0.05) is 23.3 Å². The van der Waals surface area contributed by atoms with Crippen molar-refractivity contribution in [3.8, 4) is 16.9 Å². The smallest absolute Gasteiger partial charge is 0.410 e. The summed E-state index contributed by atoms with van der Waals surface area (Å²) in [6.45, 7) is 3.11. The number of fused-ring (bicyclic) bond motifs is 1. The Kier molecular flexibility index (Phi) is 5.84. The second-order valence-corrected chi connectivity index (χ2v) is 9.98. The van der Waals surface area contributed by atoms with E-state index in [-0.39, 0.29) is 23.6 Å². The fourth-order valence-electron chi connectivity index (χ4n) is 5.13. The van der Waals surface area contributed by atoms with E-state index in [1.54, 1.807) is 21.6 Å². The average Bonchev–Trinajstić information content (AvgIpc) is 3.35. The number of carboxylic acids is 1. The molecule has 6 rings (SSSR count). The fraction of sp³-hybridized carbons (Fsp3) is 0.207. The van der Waals surface area contributed by atoms with Crippen LogP contribution >= 0.6 is 11.6 Å². The minimum atomic E-state index is -1.26. The number of halogens is 1. The summed E-state index contributed by atoms with van der Waals surface area (Å²) >= 11 is 6.69. The van der Waals surface area contributed by atoms with Crippen LogP contribution in [-0.4, -0.2) is 33.2 Å². The first kappa shape index (κ1) is 24.1. The Morgan fingerprint density at radius 3 is 2.68 bits per heavy atom. The molecule has 1 aromatic heterocycles. The Morgan fingerprint density at radius 1 is 1.13 bits per heavy atom. The topological polar surface area (TPSA) is 98.1 Å². The maximum Gasteiger partial charge on any atom is 0.410 e. The van der Waals surface area contributed by atoms with Crippen LogP contribution in [-0.2, 0) is 24.4 Å². The van der Waals surface area contributed by atoms with Crippen molar-refractivity contribution in [3.05, 3.63) is 98.3 Å². The van der Waals surface area contributed by atoms with E-state index in [9.17, 15) is 19.5 Å². The Morgan fingerprint density at radius 2 is 1.92 bits per heavy atom. The Bertz CT molecular complexity index is 1680. The van der Waals surface area contributed by atoms with Crippen LogP contribution in [0, 0.1) is 0 Å². The van der Waals surface area contributed by atoms with E-state index in [0.29, 0.717) is 36.0 Å². The molecule has 3 aromatic carbocycles. The van der Waals surface area contributed by atoms with Crippen molar-refractivity contribution in [1.29, 1.82) is 0 Å². The van der Waals surface area contributed by atoms with E-state index in [0.717, 1.165) is 27.8 Å². The number of carboxylic acid groups (broad SMARTS) is 1. The molecule has 0 fully saturated rings. The van der Waals surface area contributed by atoms with Crippen LogP contribution in [0.25, 0.3) is 22.0 Å². The van der Waals surface area contributed by atoms with Gasteiger partial charge in [0.2, 0.25) is 5.43 Å². The Hall–Kier alpha value is -4.30. The molecule has 2 aliphatic heterocycles. The standard InChI is InChI=1S/C29H23ClN2O6/c1-16-14-37-27-20(7-8-21-25(27)32(16)13-23(26(21)33)28(34)35)18-9-19-11-31(12-22(19)24(30)10-18)29(36)38-15-17-5-3-2-4-6-17/h2-10,13,16H,11-12,14-15H2,1H3,(H,34,35)/t16-/m0/s1. The van der Waals surface area contributed by atoms with E-state index < -0.39 is 17.5 Å². The number of hydrogen-bond acceptors (Lipinski definition) is 5. The molecule has 0 unspecified atom stereocenters. The first-order valence-electron chi connectivity index (χ1n) is 12.2. The molecule has 0 aliphatic carbocycles. The number of aromatic carboxylic acids is 1. The lowest BCUT2D eigenvalue weighted by molar-refractivity contribution is 0.0694. The monoisotopic (exact) mass is 530 g/mol. The molecule has 9 heteroatoms. The first-order valence-corrected chi connectivity index (χ1v) is 12.5. The van der Waals surface area contributed by atoms with Crippen molar-refractivity contribution in [2.24, 2.45) is 0 Å². The van der Waals surface area contributed by atoms with E-state index in [1.807, 2.05) is 49.4 Å². The highest BCUT2D eigenvalue weighted by molar-refractivity contribution is 6.31. The highest BCUT2D eigenvalue weighted by Crippen LogP contribution is 2.42. The molecule has 8 nitrogen and oxygen atoms in total. The molecule has 0 bridgehead atoms. The quantitative estimate of drug-likeness (QED) is 0.367. The number of benzene rings is 3. The summed E-state index contributed by atoms with van der Waals surface area (Å²) in [6, 6.07) is 16.5. The number of carbonyl (C=O) groups is 2. The number of rotatable bonds is 4. The zero-order chi connectivity index (χ0) is 26.6. The summed E-state index contributed by atoms with van der Waals surface area (Å²) in [6.07, 6.45) is 0.973. The van der Waals surface area contributed by atoms with Gasteiger partial charge in [0.25, 0.3) is 0 Å². The predicted molar refractivity (Wildman–Crippen MR) is 142 cm³/mol. The largest absolute Gasteiger partial charge is 0.489 e. The van der Waals surface area contributed by atoms with Crippen LogP contribution in [0.15, 0.2) is 65.6 Å². The number of aromatic nitrogens is 1. The lowest BCUT2D eigenvalue weighted by Crippen LogP contribution is -2.26. The third-order valence-corrected chi connectivity index (χ3v) is 7.43. The Labute approximate surface area is 222 Å². The lowest BCUT2D eigenvalue weighted by atomic mass is 9.97. The van der Waals surface area contributed by atoms with Crippen molar-refractivity contribution in [1.82, 2.24) is 9.47 Å². The van der Waals surface area contributed by atoms with Gasteiger partial charge in [-0.25, -0.2) is 9.59 Å². The van der Waals surface area contributed by atoms with Crippen molar-refractivity contribution in [2.45, 2.75) is 32.7 Å². The number of pyridine rings is 1. The van der Waals surface area contributed by atoms with E-state index in [1.165, 1.54) is 6.20 Å². The van der Waals surface area contributed by atoms with Gasteiger partial charge in [-0.15, -0.1) is 0 Å². The third-order valence-electron chi connectivity index (χ3n) is 7.09. The highest BCUT2D eigenvalue weighted by Gasteiger charge is 2.29. The fourth-order valence-corrected chi connectivity index (χ4v) is 5.43. The van der Waals surface area contributed by atoms with Crippen molar-refractivity contribution < 1.29 is 24.2 Å². The van der Waals surface area contributed by atoms with Crippen LogP contribution in [0.4, 0.5) is 4.79 Å². The summed E-state index contributed by atoms with van der Waals surface area (Å²) in [5.74, 6) is -0.759. The first-order chi connectivity index (χ1) is 18.3. The second kappa shape index (κ2) is 9.22. The number of amides is 1. The molecule has 0 spiro atoms. The SMILES string of the molecule is C[C@H]1COc2c(-c3cc(Cl)c4c(c3)CN(C(=O)OCc3ccccc3)C4)ccc3c(=O)c(C(=O)O)cn1c23. The van der Waals surface area contributed by atoms with Gasteiger partial charge in [-0.2, -0.15) is 0 Å². The molecular formula is C29H23ClN2O6. The summed E-state index contributed by atoms with van der Waals surface area (Å²) in [5.41, 5.74) is 3.91. The van der Waals surface area contributed by atoms with E-state index in [4.69, 9.17) is 21.1 Å². The van der Waals surface area contributed by atoms with Gasteiger partial charge >= 0.3 is 12.1 Å². The van der Waals surface area contributed by atoms with Crippen LogP contribution < -0.4 is 10.2 Å². The van der Waals surface area contributed by atoms with Crippen LogP contribution in [0.1, 0.15) is 40.0 Å². The lowest BCUT2D eigenvalue weighted by Gasteiger charge is -2.28. The molecule has 0 radical (unpaired) electrons. The molecule has 1 N–H and O–H groups in total. The number of nitrogens with zero attached hydrogens (tertiary/aromatic N) is 2. The van der Waals surface area contributed by atoms with Gasteiger partial charge in [0.05, 0.1) is 23.5 Å². The van der Waals surface area contributed by atoms with Gasteiger partial charge in [-0.3, -0.25) is 9.69 Å². The minimum absolute atomic E-state index is 0.155. The summed E-state index contributed by atoms with van der Waals surface area (Å²) in [7, 11) is 0. The molecule has 192 valence electrons. The Balaban J connectivity index is 1.35. The van der Waals surface area contributed by atoms with Gasteiger partial charge in [0.1, 0.15) is 18.8 Å². The van der Waals surface area contributed by atoms with Gasteiger partial charge in [-0.1, -0.05) is 41.9 Å².